The molecule has 0 amide bonds. The molecule has 0 rings (SSSR count). The molecule has 20 heavy (non-hydrogen) atoms. The van der Waals surface area contributed by atoms with Gasteiger partial charge in [0, 0.05) is 18.2 Å². The molecule has 0 fully saturated rings. The lowest BCUT2D eigenvalue weighted by Gasteiger charge is -2.25. The molecule has 0 N–H and O–H groups in total. The number of rotatable bonds is 9. The molecule has 0 radical (unpaired) electrons. The Labute approximate surface area is 109 Å². The van der Waals surface area contributed by atoms with Crippen LogP contribution in [0, 0.1) is 0 Å². The maximum Gasteiger partial charge on any atom is 0.489 e. The van der Waals surface area contributed by atoms with Crippen LogP contribution >= 0.6 is 7.82 Å². The lowest BCUT2D eigenvalue weighted by Crippen LogP contribution is -2.26. The van der Waals surface area contributed by atoms with E-state index in [2.05, 4.69) is 33.3 Å². The molecule has 116 valence electrons. The molecule has 0 aliphatic rings. The summed E-state index contributed by atoms with van der Waals surface area (Å²) in [4.78, 5) is 0. The standard InChI is InChI=1S/C9H9F6O4P/c1-4-7(10,11)17-20(16,18-8(12,13)5-2)19-9(14,15)6-3/h4-6H,1-3H2. The minimum absolute atomic E-state index is 0.287. The second-order valence-electron chi connectivity index (χ2n) is 3.02. The van der Waals surface area contributed by atoms with Crippen LogP contribution in [0.2, 0.25) is 0 Å². The van der Waals surface area contributed by atoms with Crippen LogP contribution in [0.3, 0.4) is 0 Å². The van der Waals surface area contributed by atoms with E-state index in [9.17, 15) is 30.9 Å². The normalized spacial score (nSPS) is 13.9. The van der Waals surface area contributed by atoms with Crippen molar-refractivity contribution in [3.8, 4) is 0 Å². The van der Waals surface area contributed by atoms with Gasteiger partial charge in [0.1, 0.15) is 0 Å². The highest BCUT2D eigenvalue weighted by Gasteiger charge is 2.51. The molecular weight excluding hydrogens is 317 g/mol. The Morgan fingerprint density at radius 1 is 0.700 bits per heavy atom. The Hall–Kier alpha value is -1.09. The van der Waals surface area contributed by atoms with Gasteiger partial charge in [-0.15, -0.1) is 0 Å². The Morgan fingerprint density at radius 2 is 0.900 bits per heavy atom. The molecule has 0 aliphatic heterocycles. The van der Waals surface area contributed by atoms with Gasteiger partial charge >= 0.3 is 26.1 Å². The predicted octanol–water partition coefficient (Wildman–Crippen LogP) is 4.48. The molecule has 0 unspecified atom stereocenters. The molecule has 0 atom stereocenters. The van der Waals surface area contributed by atoms with Crippen molar-refractivity contribution in [2.75, 3.05) is 0 Å². The van der Waals surface area contributed by atoms with Gasteiger partial charge in [-0.25, -0.2) is 18.1 Å². The minimum Gasteiger partial charge on any atom is -0.227 e. The molecule has 0 aromatic heterocycles. The van der Waals surface area contributed by atoms with Crippen LogP contribution in [-0.4, -0.2) is 18.3 Å². The summed E-state index contributed by atoms with van der Waals surface area (Å²) in [6.07, 6.45) is -14.4. The first-order chi connectivity index (χ1) is 8.80. The lowest BCUT2D eigenvalue weighted by atomic mass is 10.6. The second kappa shape index (κ2) is 6.13. The quantitative estimate of drug-likeness (QED) is 0.356. The van der Waals surface area contributed by atoms with Crippen molar-refractivity contribution in [2.45, 2.75) is 18.3 Å². The molecule has 0 saturated carbocycles. The van der Waals surface area contributed by atoms with E-state index in [1.165, 1.54) is 0 Å². The molecule has 0 aromatic carbocycles. The number of alkyl halides is 6. The van der Waals surface area contributed by atoms with Crippen molar-refractivity contribution in [3.63, 3.8) is 0 Å². The Bertz CT molecular complexity index is 374. The van der Waals surface area contributed by atoms with Crippen LogP contribution in [0.25, 0.3) is 0 Å². The van der Waals surface area contributed by atoms with Gasteiger partial charge in [0.15, 0.2) is 0 Å². The zero-order chi connectivity index (χ0) is 16.2. The summed E-state index contributed by atoms with van der Waals surface area (Å²) >= 11 is 0. The fourth-order valence-corrected chi connectivity index (χ4v) is 1.84. The van der Waals surface area contributed by atoms with Crippen molar-refractivity contribution in [1.29, 1.82) is 0 Å². The monoisotopic (exact) mass is 326 g/mol. The van der Waals surface area contributed by atoms with Crippen molar-refractivity contribution in [3.05, 3.63) is 38.0 Å². The van der Waals surface area contributed by atoms with Crippen LogP contribution < -0.4 is 0 Å². The number of phosphoric ester groups is 1. The first-order valence-electron chi connectivity index (χ1n) is 4.57. The van der Waals surface area contributed by atoms with Crippen molar-refractivity contribution < 1.29 is 44.5 Å². The molecule has 0 aromatic rings. The molecule has 11 heteroatoms. The van der Waals surface area contributed by atoms with Crippen molar-refractivity contribution in [1.82, 2.24) is 0 Å². The van der Waals surface area contributed by atoms with E-state index in [0.29, 0.717) is 0 Å². The molecule has 0 saturated heterocycles. The second-order valence-corrected chi connectivity index (χ2v) is 4.46. The van der Waals surface area contributed by atoms with Gasteiger partial charge in [0.05, 0.1) is 0 Å². The van der Waals surface area contributed by atoms with Gasteiger partial charge in [-0.2, -0.15) is 26.3 Å². The summed E-state index contributed by atoms with van der Waals surface area (Å²) in [7, 11) is -6.10. The minimum atomic E-state index is -6.10. The third kappa shape index (κ3) is 6.38. The van der Waals surface area contributed by atoms with Gasteiger partial charge in [0.2, 0.25) is 0 Å². The molecule has 0 heterocycles. The predicted molar refractivity (Wildman–Crippen MR) is 56.3 cm³/mol. The number of halogens is 6. The van der Waals surface area contributed by atoms with E-state index in [1.807, 2.05) is 0 Å². The van der Waals surface area contributed by atoms with Crippen LogP contribution in [0.4, 0.5) is 26.3 Å². The van der Waals surface area contributed by atoms with Gasteiger partial charge in [-0.1, -0.05) is 19.7 Å². The largest absolute Gasteiger partial charge is 0.489 e. The van der Waals surface area contributed by atoms with Gasteiger partial charge in [-0.3, -0.25) is 0 Å². The Balaban J connectivity index is 5.45. The molecule has 0 aliphatic carbocycles. The average Bonchev–Trinajstić information content (AvgIpc) is 2.26. The highest BCUT2D eigenvalue weighted by molar-refractivity contribution is 7.48. The van der Waals surface area contributed by atoms with Crippen molar-refractivity contribution >= 4 is 7.82 Å². The lowest BCUT2D eigenvalue weighted by molar-refractivity contribution is -0.219. The average molecular weight is 326 g/mol. The van der Waals surface area contributed by atoms with E-state index in [4.69, 9.17) is 0 Å². The molecular formula is C9H9F6O4P. The van der Waals surface area contributed by atoms with E-state index in [0.717, 1.165) is 0 Å². The van der Waals surface area contributed by atoms with Crippen molar-refractivity contribution in [2.24, 2.45) is 0 Å². The number of phosphoric acid groups is 1. The van der Waals surface area contributed by atoms with Gasteiger partial charge in [0.25, 0.3) is 0 Å². The molecule has 4 nitrogen and oxygen atoms in total. The SMILES string of the molecule is C=CC(F)(F)OP(=O)(OC(F)(F)C=C)OC(F)(F)C=C. The van der Waals surface area contributed by atoms with Crippen LogP contribution in [0.1, 0.15) is 0 Å². The smallest absolute Gasteiger partial charge is 0.227 e. The summed E-state index contributed by atoms with van der Waals surface area (Å²) in [6.45, 7) is 7.58. The summed E-state index contributed by atoms with van der Waals surface area (Å²) in [5.74, 6) is 0. The van der Waals surface area contributed by atoms with Gasteiger partial charge in [-0.05, 0) is 0 Å². The van der Waals surface area contributed by atoms with E-state index < -0.39 is 26.1 Å². The number of hydrogen-bond acceptors (Lipinski definition) is 4. The third-order valence-corrected chi connectivity index (χ3v) is 2.81. The summed E-state index contributed by atoms with van der Waals surface area (Å²) < 4.78 is 98.0. The Kier molecular flexibility index (Phi) is 5.79. The molecule has 0 bridgehead atoms. The highest BCUT2D eigenvalue weighted by Crippen LogP contribution is 2.59. The fraction of sp³-hybridized carbons (Fsp3) is 0.333. The zero-order valence-corrected chi connectivity index (χ0v) is 10.6. The topological polar surface area (TPSA) is 44.8 Å². The maximum absolute atomic E-state index is 12.8. The fourth-order valence-electron chi connectivity index (χ4n) is 0.615. The first kappa shape index (κ1) is 18.9. The van der Waals surface area contributed by atoms with Crippen LogP contribution in [0.5, 0.6) is 0 Å². The van der Waals surface area contributed by atoms with E-state index in [-0.39, 0.29) is 18.2 Å². The van der Waals surface area contributed by atoms with Gasteiger partial charge < -0.3 is 0 Å². The zero-order valence-electron chi connectivity index (χ0n) is 9.70. The van der Waals surface area contributed by atoms with Crippen LogP contribution in [0.15, 0.2) is 38.0 Å². The number of hydrogen-bond donors (Lipinski definition) is 0. The third-order valence-electron chi connectivity index (χ3n) is 1.41. The maximum atomic E-state index is 12.8. The summed E-state index contributed by atoms with van der Waals surface area (Å²) in [5.41, 5.74) is 0. The molecule has 0 spiro atoms. The Morgan fingerprint density at radius 3 is 1.05 bits per heavy atom. The van der Waals surface area contributed by atoms with Crippen LogP contribution in [-0.2, 0) is 18.1 Å². The van der Waals surface area contributed by atoms with E-state index in [1.54, 1.807) is 0 Å². The summed E-state index contributed by atoms with van der Waals surface area (Å²) in [5, 5.41) is 0. The summed E-state index contributed by atoms with van der Waals surface area (Å²) in [6, 6.07) is 0. The highest BCUT2D eigenvalue weighted by atomic mass is 31.2. The first-order valence-corrected chi connectivity index (χ1v) is 6.03. The van der Waals surface area contributed by atoms with E-state index >= 15 is 0 Å².